The second kappa shape index (κ2) is 6.42. The highest BCUT2D eigenvalue weighted by atomic mass is 127. The van der Waals surface area contributed by atoms with Crippen molar-refractivity contribution in [2.75, 3.05) is 11.9 Å². The predicted octanol–water partition coefficient (Wildman–Crippen LogP) is 3.26. The van der Waals surface area contributed by atoms with E-state index in [4.69, 9.17) is 0 Å². The Bertz CT molecular complexity index is 527. The summed E-state index contributed by atoms with van der Waals surface area (Å²) in [5, 5.41) is 6.47. The average molecular weight is 374 g/mol. The summed E-state index contributed by atoms with van der Waals surface area (Å²) < 4.78 is 1.05. The summed E-state index contributed by atoms with van der Waals surface area (Å²) in [5.74, 6) is 1.74. The molecule has 0 radical (unpaired) electrons. The van der Waals surface area contributed by atoms with Crippen molar-refractivity contribution in [2.24, 2.45) is 0 Å². The molecule has 0 saturated heterocycles. The zero-order valence-corrected chi connectivity index (χ0v) is 13.4. The van der Waals surface area contributed by atoms with Gasteiger partial charge in [-0.15, -0.1) is 11.3 Å². The van der Waals surface area contributed by atoms with Gasteiger partial charge < -0.3 is 5.32 Å². The van der Waals surface area contributed by atoms with Crippen LogP contribution in [0.1, 0.15) is 29.9 Å². The second-order valence-electron chi connectivity index (χ2n) is 3.94. The molecule has 1 N–H and O–H groups in total. The molecule has 0 atom stereocenters. The Balaban J connectivity index is 2.13. The molecule has 0 saturated carbocycles. The third kappa shape index (κ3) is 3.61. The lowest BCUT2D eigenvalue weighted by atomic mass is 10.3. The minimum atomic E-state index is 0.696. The van der Waals surface area contributed by atoms with Crippen LogP contribution in [0, 0.1) is 10.5 Å². The van der Waals surface area contributed by atoms with Crippen LogP contribution in [-0.4, -0.2) is 21.5 Å². The molecule has 2 aromatic rings. The lowest BCUT2D eigenvalue weighted by molar-refractivity contribution is 0.913. The Labute approximate surface area is 124 Å². The second-order valence-corrected chi connectivity index (χ2v) is 6.17. The minimum Gasteiger partial charge on any atom is -0.369 e. The molecule has 2 aromatic heterocycles. The van der Waals surface area contributed by atoms with Gasteiger partial charge in [-0.25, -0.2) is 15.0 Å². The Morgan fingerprint density at radius 1 is 1.39 bits per heavy atom. The van der Waals surface area contributed by atoms with Crippen LogP contribution in [0.5, 0.6) is 0 Å². The van der Waals surface area contributed by atoms with Crippen molar-refractivity contribution in [3.05, 3.63) is 31.7 Å². The van der Waals surface area contributed by atoms with Crippen molar-refractivity contribution >= 4 is 39.7 Å². The van der Waals surface area contributed by atoms with Crippen molar-refractivity contribution in [3.63, 3.8) is 0 Å². The molecule has 0 unspecified atom stereocenters. The molecule has 0 fully saturated rings. The molecule has 0 aliphatic carbocycles. The first-order valence-corrected chi connectivity index (χ1v) is 7.81. The maximum absolute atomic E-state index is 4.55. The quantitative estimate of drug-likeness (QED) is 0.817. The predicted molar refractivity (Wildman–Crippen MR) is 83.2 cm³/mol. The van der Waals surface area contributed by atoms with E-state index in [9.17, 15) is 0 Å². The number of rotatable bonds is 5. The number of hydrogen-bond donors (Lipinski definition) is 1. The number of thiazole rings is 1. The lowest BCUT2D eigenvalue weighted by Gasteiger charge is -2.07. The number of hydrogen-bond acceptors (Lipinski definition) is 5. The summed E-state index contributed by atoms with van der Waals surface area (Å²) in [6.07, 6.45) is 3.64. The first kappa shape index (κ1) is 13.7. The van der Waals surface area contributed by atoms with Crippen molar-refractivity contribution in [2.45, 2.75) is 26.7 Å². The summed E-state index contributed by atoms with van der Waals surface area (Å²) in [5.41, 5.74) is 1.04. The number of anilines is 1. The number of nitrogens with one attached hydrogen (secondary N) is 1. The van der Waals surface area contributed by atoms with E-state index in [1.165, 1.54) is 0 Å². The summed E-state index contributed by atoms with van der Waals surface area (Å²) in [6, 6.07) is 0. The fraction of sp³-hybridized carbons (Fsp3) is 0.417. The number of nitrogens with zero attached hydrogens (tertiary/aromatic N) is 3. The molecule has 4 nitrogen and oxygen atoms in total. The van der Waals surface area contributed by atoms with Gasteiger partial charge in [0.15, 0.2) is 0 Å². The van der Waals surface area contributed by atoms with Crippen molar-refractivity contribution in [3.8, 4) is 0 Å². The molecule has 0 spiro atoms. The highest BCUT2D eigenvalue weighted by Gasteiger charge is 2.07. The number of aromatic nitrogens is 3. The first-order chi connectivity index (χ1) is 8.69. The molecular formula is C12H15IN4S. The fourth-order valence-electron chi connectivity index (χ4n) is 1.51. The summed E-state index contributed by atoms with van der Waals surface area (Å²) >= 11 is 3.91. The molecule has 2 rings (SSSR count). The topological polar surface area (TPSA) is 50.7 Å². The summed E-state index contributed by atoms with van der Waals surface area (Å²) in [6.45, 7) is 5.08. The van der Waals surface area contributed by atoms with Gasteiger partial charge in [-0.05, 0) is 35.9 Å². The Kier molecular flexibility index (Phi) is 4.87. The molecular weight excluding hydrogens is 359 g/mol. The molecule has 0 bridgehead atoms. The van der Waals surface area contributed by atoms with E-state index in [2.05, 4.69) is 55.2 Å². The summed E-state index contributed by atoms with van der Waals surface area (Å²) in [7, 11) is 0. The Morgan fingerprint density at radius 3 is 2.89 bits per heavy atom. The van der Waals surface area contributed by atoms with E-state index >= 15 is 0 Å². The van der Waals surface area contributed by atoms with E-state index in [1.807, 2.05) is 13.1 Å². The van der Waals surface area contributed by atoms with Crippen molar-refractivity contribution in [1.29, 1.82) is 0 Å². The van der Waals surface area contributed by atoms with Gasteiger partial charge in [0.1, 0.15) is 11.6 Å². The number of aryl methyl sites for hydroxylation is 1. The van der Waals surface area contributed by atoms with E-state index in [0.29, 0.717) is 6.42 Å². The largest absolute Gasteiger partial charge is 0.369 e. The first-order valence-electron chi connectivity index (χ1n) is 5.85. The standard InChI is InChI=1S/C12H15IN4S/c1-3-4-14-12-10(13)6-15-11(17-12)5-9-7-18-8(2)16-9/h6-7H,3-5H2,1-2H3,(H,14,15,17). The maximum Gasteiger partial charge on any atom is 0.143 e. The van der Waals surface area contributed by atoms with E-state index < -0.39 is 0 Å². The fourth-order valence-corrected chi connectivity index (χ4v) is 2.57. The average Bonchev–Trinajstić information content (AvgIpc) is 2.75. The SMILES string of the molecule is CCCNc1nc(Cc2csc(C)n2)ncc1I. The zero-order chi connectivity index (χ0) is 13.0. The van der Waals surface area contributed by atoms with Crippen LogP contribution >= 0.6 is 33.9 Å². The highest BCUT2D eigenvalue weighted by molar-refractivity contribution is 14.1. The van der Waals surface area contributed by atoms with Gasteiger partial charge >= 0.3 is 0 Å². The third-order valence-corrected chi connectivity index (χ3v) is 3.95. The Hall–Kier alpha value is -0.760. The van der Waals surface area contributed by atoms with Crippen LogP contribution in [-0.2, 0) is 6.42 Å². The smallest absolute Gasteiger partial charge is 0.143 e. The van der Waals surface area contributed by atoms with E-state index in [0.717, 1.165) is 38.9 Å². The van der Waals surface area contributed by atoms with Crippen LogP contribution in [0.3, 0.4) is 0 Å². The van der Waals surface area contributed by atoms with Gasteiger partial charge in [-0.1, -0.05) is 6.92 Å². The molecule has 0 amide bonds. The molecule has 96 valence electrons. The lowest BCUT2D eigenvalue weighted by Crippen LogP contribution is -2.07. The van der Waals surface area contributed by atoms with E-state index in [1.54, 1.807) is 11.3 Å². The molecule has 0 aliphatic heterocycles. The molecule has 0 aromatic carbocycles. The van der Waals surface area contributed by atoms with Crippen LogP contribution in [0.2, 0.25) is 0 Å². The Morgan fingerprint density at radius 2 is 2.22 bits per heavy atom. The molecule has 18 heavy (non-hydrogen) atoms. The van der Waals surface area contributed by atoms with Gasteiger partial charge in [0.25, 0.3) is 0 Å². The minimum absolute atomic E-state index is 0.696. The van der Waals surface area contributed by atoms with Gasteiger partial charge in [-0.2, -0.15) is 0 Å². The molecule has 0 aliphatic rings. The molecule has 6 heteroatoms. The van der Waals surface area contributed by atoms with E-state index in [-0.39, 0.29) is 0 Å². The number of halogens is 1. The van der Waals surface area contributed by atoms with Gasteiger partial charge in [0.2, 0.25) is 0 Å². The van der Waals surface area contributed by atoms with Gasteiger partial charge in [-0.3, -0.25) is 0 Å². The van der Waals surface area contributed by atoms with Crippen LogP contribution < -0.4 is 5.32 Å². The molecule has 2 heterocycles. The highest BCUT2D eigenvalue weighted by Crippen LogP contribution is 2.16. The van der Waals surface area contributed by atoms with Gasteiger partial charge in [0, 0.05) is 18.1 Å². The van der Waals surface area contributed by atoms with Crippen molar-refractivity contribution < 1.29 is 0 Å². The van der Waals surface area contributed by atoms with Crippen molar-refractivity contribution in [1.82, 2.24) is 15.0 Å². The maximum atomic E-state index is 4.55. The van der Waals surface area contributed by atoms with Crippen LogP contribution in [0.15, 0.2) is 11.6 Å². The summed E-state index contributed by atoms with van der Waals surface area (Å²) in [4.78, 5) is 13.3. The van der Waals surface area contributed by atoms with Crippen LogP contribution in [0.25, 0.3) is 0 Å². The van der Waals surface area contributed by atoms with Crippen LogP contribution in [0.4, 0.5) is 5.82 Å². The third-order valence-electron chi connectivity index (χ3n) is 2.34. The van der Waals surface area contributed by atoms with Gasteiger partial charge in [0.05, 0.1) is 20.7 Å². The zero-order valence-electron chi connectivity index (χ0n) is 10.4. The monoisotopic (exact) mass is 374 g/mol. The normalized spacial score (nSPS) is 10.6.